The van der Waals surface area contributed by atoms with Crippen molar-refractivity contribution in [3.63, 3.8) is 0 Å². The molecule has 0 saturated heterocycles. The van der Waals surface area contributed by atoms with Crippen LogP contribution in [0.5, 0.6) is 0 Å². The van der Waals surface area contributed by atoms with Gasteiger partial charge in [0.1, 0.15) is 6.42 Å². The fourth-order valence-corrected chi connectivity index (χ4v) is 1.60. The van der Waals surface area contributed by atoms with E-state index < -0.39 is 11.9 Å². The number of aromatic nitrogens is 1. The quantitative estimate of drug-likeness (QED) is 0.623. The van der Waals surface area contributed by atoms with Gasteiger partial charge in [0.05, 0.1) is 6.61 Å². The third-order valence-electron chi connectivity index (χ3n) is 1.48. The Kier molecular flexibility index (Phi) is 4.23. The van der Waals surface area contributed by atoms with Gasteiger partial charge in [-0.3, -0.25) is 9.59 Å². The Bertz CT molecular complexity index is 362. The van der Waals surface area contributed by atoms with E-state index in [-0.39, 0.29) is 13.0 Å². The third-order valence-corrected chi connectivity index (χ3v) is 2.31. The second-order valence-corrected chi connectivity index (χ2v) is 4.04. The molecule has 1 amide bonds. The van der Waals surface area contributed by atoms with Crippen LogP contribution in [0.4, 0.5) is 5.13 Å². The Balaban J connectivity index is 2.39. The molecule has 0 aliphatic heterocycles. The van der Waals surface area contributed by atoms with Gasteiger partial charge in [-0.15, -0.1) is 11.3 Å². The summed E-state index contributed by atoms with van der Waals surface area (Å²) in [5.41, 5.74) is 0. The van der Waals surface area contributed by atoms with Crippen LogP contribution >= 0.6 is 11.3 Å². The number of carbonyl (C=O) groups is 2. The van der Waals surface area contributed by atoms with E-state index in [1.165, 1.54) is 11.3 Å². The zero-order chi connectivity index (χ0) is 11.3. The van der Waals surface area contributed by atoms with Gasteiger partial charge in [0.25, 0.3) is 0 Å². The van der Waals surface area contributed by atoms with Gasteiger partial charge in [0.2, 0.25) is 5.91 Å². The Labute approximate surface area is 91.5 Å². The molecular formula is C9H12N2O3S. The van der Waals surface area contributed by atoms with Crippen molar-refractivity contribution >= 4 is 28.3 Å². The highest BCUT2D eigenvalue weighted by Crippen LogP contribution is 2.16. The fourth-order valence-electron chi connectivity index (χ4n) is 0.919. The van der Waals surface area contributed by atoms with Gasteiger partial charge < -0.3 is 10.1 Å². The Morgan fingerprint density at radius 1 is 1.60 bits per heavy atom. The topological polar surface area (TPSA) is 68.3 Å². The number of nitrogens with one attached hydrogen (secondary N) is 1. The van der Waals surface area contributed by atoms with Gasteiger partial charge in [-0.1, -0.05) is 0 Å². The molecule has 1 N–H and O–H groups in total. The molecule has 0 atom stereocenters. The molecule has 0 unspecified atom stereocenters. The molecular weight excluding hydrogens is 216 g/mol. The van der Waals surface area contributed by atoms with Crippen molar-refractivity contribution in [2.24, 2.45) is 0 Å². The number of amides is 1. The molecule has 15 heavy (non-hydrogen) atoms. The van der Waals surface area contributed by atoms with Crippen molar-refractivity contribution in [1.82, 2.24) is 4.98 Å². The highest BCUT2D eigenvalue weighted by atomic mass is 32.1. The maximum Gasteiger partial charge on any atom is 0.315 e. The molecule has 0 fully saturated rings. The van der Waals surface area contributed by atoms with Crippen molar-refractivity contribution < 1.29 is 14.3 Å². The van der Waals surface area contributed by atoms with Gasteiger partial charge >= 0.3 is 5.97 Å². The summed E-state index contributed by atoms with van der Waals surface area (Å²) in [7, 11) is 0. The number of aryl methyl sites for hydroxylation is 1. The summed E-state index contributed by atoms with van der Waals surface area (Å²) in [4.78, 5) is 27.2. The number of nitrogens with zero attached hydrogens (tertiary/aromatic N) is 1. The molecule has 0 aliphatic rings. The smallest absolute Gasteiger partial charge is 0.315 e. The Morgan fingerprint density at radius 2 is 2.33 bits per heavy atom. The van der Waals surface area contributed by atoms with Crippen molar-refractivity contribution in [3.8, 4) is 0 Å². The average molecular weight is 228 g/mol. The van der Waals surface area contributed by atoms with Gasteiger partial charge in [-0.05, 0) is 13.8 Å². The summed E-state index contributed by atoms with van der Waals surface area (Å²) >= 11 is 1.36. The SMILES string of the molecule is CCOC(=O)CC(=O)Nc1ncc(C)s1. The molecule has 6 heteroatoms. The van der Waals surface area contributed by atoms with Gasteiger partial charge in [0, 0.05) is 11.1 Å². The second kappa shape index (κ2) is 5.45. The van der Waals surface area contributed by atoms with E-state index in [4.69, 9.17) is 0 Å². The minimum atomic E-state index is -0.525. The molecule has 0 spiro atoms. The van der Waals surface area contributed by atoms with Crippen LogP contribution in [0.3, 0.4) is 0 Å². The summed E-state index contributed by atoms with van der Waals surface area (Å²) in [6, 6.07) is 0. The van der Waals surface area contributed by atoms with Crippen LogP contribution in [-0.4, -0.2) is 23.5 Å². The highest BCUT2D eigenvalue weighted by Gasteiger charge is 2.11. The molecule has 0 radical (unpaired) electrons. The number of rotatable bonds is 4. The lowest BCUT2D eigenvalue weighted by Crippen LogP contribution is -2.17. The first kappa shape index (κ1) is 11.6. The van der Waals surface area contributed by atoms with E-state index in [0.717, 1.165) is 4.88 Å². The van der Waals surface area contributed by atoms with Gasteiger partial charge in [0.15, 0.2) is 5.13 Å². The molecule has 1 aromatic heterocycles. The molecule has 5 nitrogen and oxygen atoms in total. The van der Waals surface area contributed by atoms with Crippen LogP contribution in [0.2, 0.25) is 0 Å². The van der Waals surface area contributed by atoms with Crippen molar-refractivity contribution in [2.75, 3.05) is 11.9 Å². The standard InChI is InChI=1S/C9H12N2O3S/c1-3-14-8(13)4-7(12)11-9-10-5-6(2)15-9/h5H,3-4H2,1-2H3,(H,10,11,12). The number of ether oxygens (including phenoxy) is 1. The van der Waals surface area contributed by atoms with E-state index >= 15 is 0 Å². The molecule has 1 heterocycles. The first-order chi connectivity index (χ1) is 7.11. The Morgan fingerprint density at radius 3 is 2.87 bits per heavy atom. The van der Waals surface area contributed by atoms with Crippen molar-refractivity contribution in [2.45, 2.75) is 20.3 Å². The Hall–Kier alpha value is -1.43. The normalized spacial score (nSPS) is 9.73. The fraction of sp³-hybridized carbons (Fsp3) is 0.444. The highest BCUT2D eigenvalue weighted by molar-refractivity contribution is 7.15. The lowest BCUT2D eigenvalue weighted by molar-refractivity contribution is -0.145. The monoisotopic (exact) mass is 228 g/mol. The number of hydrogen-bond donors (Lipinski definition) is 1. The molecule has 1 aromatic rings. The molecule has 0 aromatic carbocycles. The van der Waals surface area contributed by atoms with E-state index in [2.05, 4.69) is 15.0 Å². The lowest BCUT2D eigenvalue weighted by Gasteiger charge is -2.01. The zero-order valence-electron chi connectivity index (χ0n) is 8.57. The molecule has 0 saturated carbocycles. The average Bonchev–Trinajstić information content (AvgIpc) is 2.51. The summed E-state index contributed by atoms with van der Waals surface area (Å²) in [6.07, 6.45) is 1.39. The number of carbonyl (C=O) groups excluding carboxylic acids is 2. The third kappa shape index (κ3) is 4.07. The summed E-state index contributed by atoms with van der Waals surface area (Å²) in [5.74, 6) is -0.925. The molecule has 0 bridgehead atoms. The minimum absolute atomic E-state index is 0.271. The largest absolute Gasteiger partial charge is 0.466 e. The maximum atomic E-state index is 11.3. The van der Waals surface area contributed by atoms with Crippen LogP contribution in [-0.2, 0) is 14.3 Å². The summed E-state index contributed by atoms with van der Waals surface area (Å²) < 4.78 is 4.64. The van der Waals surface area contributed by atoms with E-state index in [1.807, 2.05) is 6.92 Å². The predicted octanol–water partition coefficient (Wildman–Crippen LogP) is 1.34. The minimum Gasteiger partial charge on any atom is -0.466 e. The number of esters is 1. The van der Waals surface area contributed by atoms with Crippen LogP contribution < -0.4 is 5.32 Å². The maximum absolute atomic E-state index is 11.3. The van der Waals surface area contributed by atoms with Crippen LogP contribution in [0.25, 0.3) is 0 Å². The summed E-state index contributed by atoms with van der Waals surface area (Å²) in [6.45, 7) is 3.86. The van der Waals surface area contributed by atoms with Crippen LogP contribution in [0, 0.1) is 6.92 Å². The predicted molar refractivity (Wildman–Crippen MR) is 56.7 cm³/mol. The summed E-state index contributed by atoms with van der Waals surface area (Å²) in [5, 5.41) is 3.02. The second-order valence-electron chi connectivity index (χ2n) is 2.81. The van der Waals surface area contributed by atoms with E-state index in [1.54, 1.807) is 13.1 Å². The van der Waals surface area contributed by atoms with E-state index in [0.29, 0.717) is 5.13 Å². The van der Waals surface area contributed by atoms with Crippen molar-refractivity contribution in [3.05, 3.63) is 11.1 Å². The lowest BCUT2D eigenvalue weighted by atomic mass is 10.4. The first-order valence-electron chi connectivity index (χ1n) is 4.49. The molecule has 1 rings (SSSR count). The first-order valence-corrected chi connectivity index (χ1v) is 5.31. The van der Waals surface area contributed by atoms with Crippen LogP contribution in [0.15, 0.2) is 6.20 Å². The van der Waals surface area contributed by atoms with Crippen LogP contribution in [0.1, 0.15) is 18.2 Å². The van der Waals surface area contributed by atoms with Crippen molar-refractivity contribution in [1.29, 1.82) is 0 Å². The van der Waals surface area contributed by atoms with E-state index in [9.17, 15) is 9.59 Å². The molecule has 0 aliphatic carbocycles. The van der Waals surface area contributed by atoms with Gasteiger partial charge in [-0.25, -0.2) is 4.98 Å². The number of anilines is 1. The number of hydrogen-bond acceptors (Lipinski definition) is 5. The van der Waals surface area contributed by atoms with Gasteiger partial charge in [-0.2, -0.15) is 0 Å². The zero-order valence-corrected chi connectivity index (χ0v) is 9.39. The number of thiazole rings is 1. The molecule has 82 valence electrons.